The van der Waals surface area contributed by atoms with E-state index in [1.54, 1.807) is 7.05 Å². The zero-order valence-corrected chi connectivity index (χ0v) is 17.6. The third-order valence-electron chi connectivity index (χ3n) is 5.07. The Hall–Kier alpha value is -0.570. The number of aliphatic hydroxyl groups excluding tert-OH is 1. The number of ether oxygens (including phenoxy) is 1. The van der Waals surface area contributed by atoms with Gasteiger partial charge in [-0.1, -0.05) is 23.7 Å². The minimum absolute atomic E-state index is 0. The molecule has 0 radical (unpaired) electrons. The zero-order chi connectivity index (χ0) is 17.0. The number of guanidine groups is 1. The lowest BCUT2D eigenvalue weighted by Gasteiger charge is -2.27. The molecule has 140 valence electrons. The molecule has 1 saturated heterocycles. The molecule has 1 saturated carbocycles. The van der Waals surface area contributed by atoms with Gasteiger partial charge in [-0.15, -0.1) is 24.0 Å². The van der Waals surface area contributed by atoms with Crippen molar-refractivity contribution in [1.29, 1.82) is 0 Å². The topological polar surface area (TPSA) is 65.9 Å². The van der Waals surface area contributed by atoms with Gasteiger partial charge >= 0.3 is 0 Å². The molecule has 5 nitrogen and oxygen atoms in total. The summed E-state index contributed by atoms with van der Waals surface area (Å²) >= 11 is 6.08. The molecule has 3 unspecified atom stereocenters. The van der Waals surface area contributed by atoms with Crippen molar-refractivity contribution in [3.8, 4) is 0 Å². The van der Waals surface area contributed by atoms with Gasteiger partial charge in [0.1, 0.15) is 0 Å². The molecule has 2 aliphatic rings. The molecule has 0 bridgehead atoms. The summed E-state index contributed by atoms with van der Waals surface area (Å²) in [6.45, 7) is 2.43. The van der Waals surface area contributed by atoms with Crippen molar-refractivity contribution in [3.63, 3.8) is 0 Å². The minimum Gasteiger partial charge on any atom is -0.396 e. The van der Waals surface area contributed by atoms with Crippen molar-refractivity contribution in [2.24, 2.45) is 10.4 Å². The van der Waals surface area contributed by atoms with E-state index in [1.165, 1.54) is 5.56 Å². The molecule has 2 fully saturated rings. The Kier molecular flexibility index (Phi) is 7.79. The van der Waals surface area contributed by atoms with Crippen LogP contribution < -0.4 is 10.6 Å². The van der Waals surface area contributed by atoms with Crippen molar-refractivity contribution in [3.05, 3.63) is 34.9 Å². The summed E-state index contributed by atoms with van der Waals surface area (Å²) < 4.78 is 5.53. The highest BCUT2D eigenvalue weighted by Gasteiger charge is 2.40. The third kappa shape index (κ3) is 5.45. The van der Waals surface area contributed by atoms with Gasteiger partial charge in [0.05, 0.1) is 6.61 Å². The van der Waals surface area contributed by atoms with Crippen LogP contribution in [-0.4, -0.2) is 50.5 Å². The van der Waals surface area contributed by atoms with Crippen LogP contribution in [0.25, 0.3) is 0 Å². The zero-order valence-electron chi connectivity index (χ0n) is 14.5. The average molecular weight is 480 g/mol. The molecule has 1 aromatic rings. The maximum Gasteiger partial charge on any atom is 0.191 e. The fourth-order valence-electron chi connectivity index (χ4n) is 3.41. The molecule has 1 aromatic carbocycles. The van der Waals surface area contributed by atoms with Crippen LogP contribution >= 0.6 is 35.6 Å². The summed E-state index contributed by atoms with van der Waals surface area (Å²) in [5.74, 6) is 1.30. The molecule has 7 heteroatoms. The van der Waals surface area contributed by atoms with Crippen molar-refractivity contribution in [2.75, 3.05) is 33.4 Å². The molecule has 1 aliphatic heterocycles. The van der Waals surface area contributed by atoms with Gasteiger partial charge in [-0.05, 0) is 37.0 Å². The summed E-state index contributed by atoms with van der Waals surface area (Å²) in [6, 6.07) is 8.46. The van der Waals surface area contributed by atoms with Gasteiger partial charge in [-0.25, -0.2) is 0 Å². The summed E-state index contributed by atoms with van der Waals surface area (Å²) in [7, 11) is 1.79. The second kappa shape index (κ2) is 9.39. The van der Waals surface area contributed by atoms with E-state index >= 15 is 0 Å². The largest absolute Gasteiger partial charge is 0.396 e. The first-order valence-corrected chi connectivity index (χ1v) is 8.95. The van der Waals surface area contributed by atoms with Crippen LogP contribution in [0.2, 0.25) is 5.02 Å². The average Bonchev–Trinajstić information content (AvgIpc) is 3.20. The smallest absolute Gasteiger partial charge is 0.191 e. The quantitative estimate of drug-likeness (QED) is 0.333. The Bertz CT molecular complexity index is 593. The molecule has 3 N–H and O–H groups in total. The lowest BCUT2D eigenvalue weighted by atomic mass is 9.84. The molecule has 0 aromatic heterocycles. The van der Waals surface area contributed by atoms with Crippen LogP contribution in [0.5, 0.6) is 0 Å². The lowest BCUT2D eigenvalue weighted by Crippen LogP contribution is -2.45. The molecule has 1 heterocycles. The fourth-order valence-corrected chi connectivity index (χ4v) is 3.61. The lowest BCUT2D eigenvalue weighted by molar-refractivity contribution is 0.127. The molecule has 25 heavy (non-hydrogen) atoms. The molecular weight excluding hydrogens is 453 g/mol. The summed E-state index contributed by atoms with van der Waals surface area (Å²) in [5.41, 5.74) is 1.29. The molecule has 1 aliphatic carbocycles. The Morgan fingerprint density at radius 3 is 2.96 bits per heavy atom. The Morgan fingerprint density at radius 1 is 1.48 bits per heavy atom. The Balaban J connectivity index is 0.00000225. The molecule has 0 spiro atoms. The van der Waals surface area contributed by atoms with Gasteiger partial charge in [-0.2, -0.15) is 0 Å². The number of nitrogens with one attached hydrogen (secondary N) is 2. The van der Waals surface area contributed by atoms with E-state index < -0.39 is 0 Å². The van der Waals surface area contributed by atoms with Crippen LogP contribution in [0.1, 0.15) is 30.7 Å². The van der Waals surface area contributed by atoms with E-state index in [0.717, 1.165) is 43.4 Å². The van der Waals surface area contributed by atoms with Crippen molar-refractivity contribution in [2.45, 2.75) is 31.2 Å². The minimum atomic E-state index is 0. The number of halogens is 2. The van der Waals surface area contributed by atoms with Crippen LogP contribution in [0, 0.1) is 5.41 Å². The Morgan fingerprint density at radius 2 is 2.32 bits per heavy atom. The highest BCUT2D eigenvalue weighted by molar-refractivity contribution is 14.0. The van der Waals surface area contributed by atoms with Crippen molar-refractivity contribution >= 4 is 41.5 Å². The number of rotatable bonds is 6. The van der Waals surface area contributed by atoms with Crippen molar-refractivity contribution < 1.29 is 9.84 Å². The van der Waals surface area contributed by atoms with Crippen LogP contribution in [-0.2, 0) is 4.74 Å². The Labute approximate surface area is 171 Å². The van der Waals surface area contributed by atoms with Gasteiger partial charge in [0.2, 0.25) is 0 Å². The van der Waals surface area contributed by atoms with E-state index in [9.17, 15) is 5.11 Å². The number of hydrogen-bond donors (Lipinski definition) is 3. The SMILES string of the molecule is CN=C(NCC1(CCO)CCOC1)NC1CC1c1cccc(Cl)c1.I. The summed E-state index contributed by atoms with van der Waals surface area (Å²) in [5, 5.41) is 17.0. The third-order valence-corrected chi connectivity index (χ3v) is 5.31. The number of hydrogen-bond acceptors (Lipinski definition) is 3. The molecule has 3 atom stereocenters. The second-order valence-corrected chi connectivity index (χ2v) is 7.29. The predicted octanol–water partition coefficient (Wildman–Crippen LogP) is 2.77. The number of aliphatic imine (C=N–C) groups is 1. The first kappa shape index (κ1) is 20.7. The van der Waals surface area contributed by atoms with E-state index in [4.69, 9.17) is 16.3 Å². The van der Waals surface area contributed by atoms with E-state index in [2.05, 4.69) is 21.7 Å². The number of nitrogens with zero attached hydrogens (tertiary/aromatic N) is 1. The normalized spacial score (nSPS) is 28.4. The highest BCUT2D eigenvalue weighted by atomic mass is 127. The predicted molar refractivity (Wildman–Crippen MR) is 112 cm³/mol. The van der Waals surface area contributed by atoms with E-state index in [-0.39, 0.29) is 36.0 Å². The second-order valence-electron chi connectivity index (χ2n) is 6.85. The van der Waals surface area contributed by atoms with Crippen LogP contribution in [0.4, 0.5) is 0 Å². The van der Waals surface area contributed by atoms with E-state index in [1.807, 2.05) is 18.2 Å². The molecular formula is C18H27ClIN3O2. The summed E-state index contributed by atoms with van der Waals surface area (Å²) in [6.07, 6.45) is 2.82. The van der Waals surface area contributed by atoms with Crippen LogP contribution in [0.3, 0.4) is 0 Å². The molecule has 3 rings (SSSR count). The fraction of sp³-hybridized carbons (Fsp3) is 0.611. The first-order valence-electron chi connectivity index (χ1n) is 8.57. The van der Waals surface area contributed by atoms with Gasteiger partial charge < -0.3 is 20.5 Å². The number of aliphatic hydroxyl groups is 1. The summed E-state index contributed by atoms with van der Waals surface area (Å²) in [4.78, 5) is 4.33. The van der Waals surface area contributed by atoms with Gasteiger partial charge in [0.25, 0.3) is 0 Å². The maximum atomic E-state index is 9.31. The monoisotopic (exact) mass is 479 g/mol. The van der Waals surface area contributed by atoms with Crippen molar-refractivity contribution in [1.82, 2.24) is 10.6 Å². The molecule has 0 amide bonds. The van der Waals surface area contributed by atoms with E-state index in [0.29, 0.717) is 18.6 Å². The van der Waals surface area contributed by atoms with Gasteiger partial charge in [0.15, 0.2) is 5.96 Å². The number of benzene rings is 1. The highest BCUT2D eigenvalue weighted by Crippen LogP contribution is 2.41. The standard InChI is InChI=1S/C18H26ClN3O2.HI/c1-20-17(21-11-18(5-7-23)6-8-24-12-18)22-16-10-15(16)13-3-2-4-14(19)9-13;/h2-4,9,15-16,23H,5-8,10-12H2,1H3,(H2,20,21,22);1H. The van der Waals surface area contributed by atoms with Gasteiger partial charge in [-0.3, -0.25) is 4.99 Å². The first-order chi connectivity index (χ1) is 11.7. The van der Waals surface area contributed by atoms with Gasteiger partial charge in [0, 0.05) is 49.2 Å². The maximum absolute atomic E-state index is 9.31. The van der Waals surface area contributed by atoms with Crippen LogP contribution in [0.15, 0.2) is 29.3 Å².